The summed E-state index contributed by atoms with van der Waals surface area (Å²) >= 11 is 1.81. The zero-order valence-electron chi connectivity index (χ0n) is 26.0. The monoisotopic (exact) mass is 644 g/mol. The lowest BCUT2D eigenvalue weighted by Gasteiger charge is -2.26. The molecule has 47 heavy (non-hydrogen) atoms. The minimum absolute atomic E-state index is 0.410. The number of aromatic nitrogens is 4. The number of fused-ring (bicyclic) bond motifs is 4. The Balaban J connectivity index is 1.04. The summed E-state index contributed by atoms with van der Waals surface area (Å²) in [5.74, 6) is 2.45. The number of anilines is 2. The molecule has 0 amide bonds. The zero-order valence-corrected chi connectivity index (χ0v) is 26.9. The van der Waals surface area contributed by atoms with E-state index in [1.807, 2.05) is 58.9 Å². The normalized spacial score (nSPS) is 14.0. The van der Waals surface area contributed by atoms with Gasteiger partial charge in [-0.25, -0.2) is 14.8 Å². The van der Waals surface area contributed by atoms with E-state index in [0.29, 0.717) is 18.1 Å². The van der Waals surface area contributed by atoms with Gasteiger partial charge in [-0.3, -0.25) is 9.58 Å². The second kappa shape index (κ2) is 14.8. The largest absolute Gasteiger partial charge is 0.423 e. The van der Waals surface area contributed by atoms with Crippen molar-refractivity contribution in [2.75, 3.05) is 49.7 Å². The maximum atomic E-state index is 12.6. The third-order valence-electron chi connectivity index (χ3n) is 8.18. The molecular weight excluding hydrogens is 609 g/mol. The van der Waals surface area contributed by atoms with E-state index in [4.69, 9.17) is 14.6 Å². The average Bonchev–Trinajstić information content (AvgIpc) is 3.51. The van der Waals surface area contributed by atoms with Crippen molar-refractivity contribution in [1.82, 2.24) is 24.6 Å². The number of hydrogen-bond donors (Lipinski definition) is 1. The van der Waals surface area contributed by atoms with Gasteiger partial charge in [0.05, 0.1) is 30.8 Å². The van der Waals surface area contributed by atoms with E-state index >= 15 is 0 Å². The number of morpholine rings is 1. The molecule has 9 nitrogen and oxygen atoms in total. The Labute approximate surface area is 277 Å². The van der Waals surface area contributed by atoms with Crippen LogP contribution in [0.15, 0.2) is 104 Å². The quantitative estimate of drug-likeness (QED) is 0.0665. The minimum Gasteiger partial charge on any atom is -0.423 e. The maximum absolute atomic E-state index is 12.6. The molecule has 238 valence electrons. The molecule has 0 radical (unpaired) electrons. The summed E-state index contributed by atoms with van der Waals surface area (Å²) in [6, 6.07) is 26.1. The zero-order chi connectivity index (χ0) is 31.8. The molecule has 0 aliphatic carbocycles. The van der Waals surface area contributed by atoms with Crippen molar-refractivity contribution in [2.45, 2.75) is 13.0 Å². The molecular formula is C37H36N6O3S. The highest BCUT2D eigenvalue weighted by Gasteiger charge is 2.14. The van der Waals surface area contributed by atoms with E-state index < -0.39 is 5.97 Å². The van der Waals surface area contributed by atoms with Crippen LogP contribution in [0.4, 0.5) is 11.5 Å². The van der Waals surface area contributed by atoms with Gasteiger partial charge in [0.1, 0.15) is 17.9 Å². The van der Waals surface area contributed by atoms with Crippen LogP contribution in [-0.2, 0) is 16.1 Å². The van der Waals surface area contributed by atoms with Crippen LogP contribution in [0.1, 0.15) is 12.0 Å². The number of hydrogen-bond acceptors (Lipinski definition) is 9. The van der Waals surface area contributed by atoms with Gasteiger partial charge in [-0.05, 0) is 53.9 Å². The summed E-state index contributed by atoms with van der Waals surface area (Å²) < 4.78 is 13.1. The Morgan fingerprint density at radius 3 is 2.62 bits per heavy atom. The topological polar surface area (TPSA) is 94.4 Å². The molecule has 0 spiro atoms. The van der Waals surface area contributed by atoms with Gasteiger partial charge in [-0.2, -0.15) is 16.9 Å². The molecule has 1 aliphatic rings. The lowest BCUT2D eigenvalue weighted by molar-refractivity contribution is -0.128. The molecule has 0 bridgehead atoms. The summed E-state index contributed by atoms with van der Waals surface area (Å²) in [6.07, 6.45) is 8.13. The van der Waals surface area contributed by atoms with Crippen LogP contribution in [0.5, 0.6) is 5.75 Å². The van der Waals surface area contributed by atoms with E-state index in [1.54, 1.807) is 12.1 Å². The van der Waals surface area contributed by atoms with E-state index in [1.165, 1.54) is 18.0 Å². The molecule has 6 aromatic rings. The van der Waals surface area contributed by atoms with Crippen molar-refractivity contribution < 1.29 is 14.3 Å². The summed E-state index contributed by atoms with van der Waals surface area (Å²) in [4.78, 5) is 24.1. The smallest absolute Gasteiger partial charge is 0.335 e. The minimum atomic E-state index is -0.410. The van der Waals surface area contributed by atoms with Crippen molar-refractivity contribution in [3.63, 3.8) is 0 Å². The number of nitrogens with one attached hydrogen (secondary N) is 1. The molecule has 10 heteroatoms. The van der Waals surface area contributed by atoms with Crippen LogP contribution in [-0.4, -0.2) is 75.0 Å². The van der Waals surface area contributed by atoms with Gasteiger partial charge in [0, 0.05) is 53.0 Å². The number of thioether (sulfide) groups is 1. The first kappa shape index (κ1) is 30.9. The van der Waals surface area contributed by atoms with Crippen molar-refractivity contribution in [3.05, 3.63) is 109 Å². The standard InChI is InChI=1S/C37H36N6O3S/c44-36(12-6-20-47-21-7-15-42-16-18-45-19-17-42)46-28-13-14-33-31(22-28)37(39-26-38-33)40-34-23-35-32(29-10-4-5-11-30(29)34)25-43(41-35)24-27-8-2-1-3-9-27/h1-6,8-14,22-23,25-26H,7,15-21,24H2,(H,38,39,40). The molecule has 1 N–H and O–H groups in total. The fourth-order valence-corrected chi connectivity index (χ4v) is 6.59. The highest BCUT2D eigenvalue weighted by atomic mass is 32.2. The number of nitrogens with zero attached hydrogens (tertiary/aromatic N) is 5. The Hall–Kier alpha value is -4.77. The van der Waals surface area contributed by atoms with Gasteiger partial charge in [0.25, 0.3) is 0 Å². The molecule has 7 rings (SSSR count). The predicted molar refractivity (Wildman–Crippen MR) is 190 cm³/mol. The van der Waals surface area contributed by atoms with Crippen molar-refractivity contribution >= 4 is 61.8 Å². The van der Waals surface area contributed by atoms with Crippen molar-refractivity contribution in [1.29, 1.82) is 0 Å². The summed E-state index contributed by atoms with van der Waals surface area (Å²) in [5, 5.41) is 12.4. The van der Waals surface area contributed by atoms with Gasteiger partial charge >= 0.3 is 5.97 Å². The Morgan fingerprint density at radius 1 is 0.915 bits per heavy atom. The number of carbonyl (C=O) groups is 1. The van der Waals surface area contributed by atoms with Gasteiger partial charge in [0.2, 0.25) is 0 Å². The second-order valence-corrected chi connectivity index (χ2v) is 12.6. The first-order chi connectivity index (χ1) is 23.2. The fraction of sp³-hybridized carbons (Fsp3) is 0.243. The van der Waals surface area contributed by atoms with E-state index in [9.17, 15) is 4.79 Å². The molecule has 0 atom stereocenters. The number of carbonyl (C=O) groups excluding carboxylic acids is 1. The predicted octanol–water partition coefficient (Wildman–Crippen LogP) is 6.84. The summed E-state index contributed by atoms with van der Waals surface area (Å²) in [7, 11) is 0. The van der Waals surface area contributed by atoms with Crippen LogP contribution in [0.2, 0.25) is 0 Å². The number of esters is 1. The van der Waals surface area contributed by atoms with Gasteiger partial charge in [-0.1, -0.05) is 60.7 Å². The van der Waals surface area contributed by atoms with Crippen molar-refractivity contribution in [2.24, 2.45) is 0 Å². The van der Waals surface area contributed by atoms with Gasteiger partial charge < -0.3 is 14.8 Å². The fourth-order valence-electron chi connectivity index (χ4n) is 5.86. The highest BCUT2D eigenvalue weighted by Crippen LogP contribution is 2.35. The van der Waals surface area contributed by atoms with Crippen LogP contribution in [0.25, 0.3) is 32.6 Å². The number of ether oxygens (including phenoxy) is 2. The molecule has 0 saturated carbocycles. The Morgan fingerprint density at radius 2 is 1.74 bits per heavy atom. The van der Waals surface area contributed by atoms with Crippen LogP contribution in [0, 0.1) is 0 Å². The molecule has 1 fully saturated rings. The third-order valence-corrected chi connectivity index (χ3v) is 9.18. The second-order valence-electron chi connectivity index (χ2n) is 11.4. The Kier molecular flexibility index (Phi) is 9.69. The number of benzene rings is 4. The highest BCUT2D eigenvalue weighted by molar-refractivity contribution is 7.99. The van der Waals surface area contributed by atoms with Gasteiger partial charge in [0.15, 0.2) is 0 Å². The Bertz CT molecular complexity index is 2020. The molecule has 1 aliphatic heterocycles. The SMILES string of the molecule is O=C(C=CCSCCCN1CCOCC1)Oc1ccc2ncnc(Nc3cc4nn(Cc5ccccc5)cc4c4ccccc34)c2c1. The third kappa shape index (κ3) is 7.62. The number of rotatable bonds is 12. The average molecular weight is 645 g/mol. The van der Waals surface area contributed by atoms with Crippen LogP contribution in [0.3, 0.4) is 0 Å². The molecule has 2 aromatic heterocycles. The van der Waals surface area contributed by atoms with Crippen molar-refractivity contribution in [3.8, 4) is 5.75 Å². The lowest BCUT2D eigenvalue weighted by atomic mass is 10.0. The molecule has 3 heterocycles. The summed E-state index contributed by atoms with van der Waals surface area (Å²) in [6.45, 7) is 5.47. The molecule has 1 saturated heterocycles. The molecule has 4 aromatic carbocycles. The first-order valence-electron chi connectivity index (χ1n) is 15.9. The van der Waals surface area contributed by atoms with E-state index in [2.05, 4.69) is 56.7 Å². The van der Waals surface area contributed by atoms with Gasteiger partial charge in [-0.15, -0.1) is 0 Å². The lowest BCUT2D eigenvalue weighted by Crippen LogP contribution is -2.36. The van der Waals surface area contributed by atoms with E-state index in [-0.39, 0.29) is 0 Å². The summed E-state index contributed by atoms with van der Waals surface area (Å²) in [5.41, 5.74) is 3.70. The maximum Gasteiger partial charge on any atom is 0.335 e. The van der Waals surface area contributed by atoms with Crippen LogP contribution < -0.4 is 10.1 Å². The molecule has 0 unspecified atom stereocenters. The first-order valence-corrected chi connectivity index (χ1v) is 17.1. The van der Waals surface area contributed by atoms with Crippen LogP contribution >= 0.6 is 11.8 Å². The van der Waals surface area contributed by atoms with E-state index in [0.717, 1.165) is 89.0 Å².